The highest BCUT2D eigenvalue weighted by atomic mass is 35.5. The second-order valence-corrected chi connectivity index (χ2v) is 7.36. The van der Waals surface area contributed by atoms with Crippen molar-refractivity contribution in [2.24, 2.45) is 5.92 Å². The van der Waals surface area contributed by atoms with Gasteiger partial charge in [0, 0.05) is 11.6 Å². The number of nitrogens with one attached hydrogen (secondary N) is 1. The summed E-state index contributed by atoms with van der Waals surface area (Å²) in [5.74, 6) is -0.795. The molecule has 0 saturated heterocycles. The van der Waals surface area contributed by atoms with Crippen molar-refractivity contribution in [2.45, 2.75) is 30.9 Å². The van der Waals surface area contributed by atoms with E-state index in [9.17, 15) is 26.3 Å². The molecule has 2 aromatic carbocycles. The Balaban J connectivity index is 1.74. The van der Waals surface area contributed by atoms with Crippen LogP contribution in [0, 0.1) is 5.92 Å². The van der Waals surface area contributed by atoms with Crippen LogP contribution in [-0.2, 0) is 6.18 Å². The molecule has 3 atom stereocenters. The molecule has 0 amide bonds. The third-order valence-corrected chi connectivity index (χ3v) is 5.66. The summed E-state index contributed by atoms with van der Waals surface area (Å²) in [6, 6.07) is 7.17. The van der Waals surface area contributed by atoms with Crippen LogP contribution in [0.3, 0.4) is 0 Å². The number of hydrogen-bond acceptors (Lipinski definition) is 2. The first-order valence-electron chi connectivity index (χ1n) is 8.73. The van der Waals surface area contributed by atoms with Gasteiger partial charge in [-0.3, -0.25) is 0 Å². The molecule has 0 radical (unpaired) electrons. The van der Waals surface area contributed by atoms with E-state index in [-0.39, 0.29) is 22.6 Å². The third kappa shape index (κ3) is 3.77. The fraction of sp³-hybridized carbons (Fsp3) is 0.300. The van der Waals surface area contributed by atoms with Crippen molar-refractivity contribution in [3.05, 3.63) is 70.3 Å². The molecule has 2 nitrogen and oxygen atoms in total. The fourth-order valence-corrected chi connectivity index (χ4v) is 4.44. The Kier molecular flexibility index (Phi) is 4.72. The van der Waals surface area contributed by atoms with Gasteiger partial charge < -0.3 is 10.1 Å². The van der Waals surface area contributed by atoms with Crippen molar-refractivity contribution < 1.29 is 31.1 Å². The number of anilines is 1. The molecular weight excluding hydrogens is 420 g/mol. The van der Waals surface area contributed by atoms with Gasteiger partial charge in [-0.15, -0.1) is 13.2 Å². The van der Waals surface area contributed by atoms with Crippen LogP contribution in [0.4, 0.5) is 32.0 Å². The molecule has 4 rings (SSSR count). The SMILES string of the molecule is FC(F)(F)Oc1ccc2c(c1)C1C=CCC1C(c1cccc(C(F)(F)F)c1Cl)N2. The van der Waals surface area contributed by atoms with E-state index in [1.807, 2.05) is 12.2 Å². The van der Waals surface area contributed by atoms with Crippen LogP contribution < -0.4 is 10.1 Å². The average molecular weight is 434 g/mol. The fourth-order valence-electron chi connectivity index (χ4n) is 4.09. The largest absolute Gasteiger partial charge is 0.573 e. The lowest BCUT2D eigenvalue weighted by Crippen LogP contribution is -2.29. The molecule has 0 aromatic heterocycles. The van der Waals surface area contributed by atoms with Crippen LogP contribution in [0.1, 0.15) is 35.1 Å². The molecule has 1 heterocycles. The Hall–Kier alpha value is -2.35. The highest BCUT2D eigenvalue weighted by Gasteiger charge is 2.41. The molecule has 0 bridgehead atoms. The number of halogens is 7. The lowest BCUT2D eigenvalue weighted by atomic mass is 9.76. The standard InChI is InChI=1S/C20H14ClF6NO/c21-17-13(5-2-6-15(17)19(22,23)24)18-12-4-1-3-11(12)14-9-10(29-20(25,26)27)7-8-16(14)28-18/h1-3,5-9,11-12,18,28H,4H2. The monoisotopic (exact) mass is 433 g/mol. The van der Waals surface area contributed by atoms with E-state index >= 15 is 0 Å². The molecule has 0 spiro atoms. The van der Waals surface area contributed by atoms with Gasteiger partial charge in [-0.2, -0.15) is 13.2 Å². The van der Waals surface area contributed by atoms with Crippen LogP contribution >= 0.6 is 11.6 Å². The zero-order valence-electron chi connectivity index (χ0n) is 14.6. The molecule has 1 N–H and O–H groups in total. The van der Waals surface area contributed by atoms with E-state index in [1.165, 1.54) is 30.3 Å². The topological polar surface area (TPSA) is 21.3 Å². The van der Waals surface area contributed by atoms with Gasteiger partial charge in [-0.05, 0) is 47.7 Å². The first kappa shape index (κ1) is 19.9. The van der Waals surface area contributed by atoms with Gasteiger partial charge in [0.1, 0.15) is 5.75 Å². The molecule has 0 fully saturated rings. The number of rotatable bonds is 2. The van der Waals surface area contributed by atoms with Gasteiger partial charge in [0.2, 0.25) is 0 Å². The molecular formula is C20H14ClF6NO. The second-order valence-electron chi connectivity index (χ2n) is 6.98. The van der Waals surface area contributed by atoms with Gasteiger partial charge in [0.15, 0.2) is 0 Å². The molecule has 2 aromatic rings. The van der Waals surface area contributed by atoms with Crippen molar-refractivity contribution in [1.29, 1.82) is 0 Å². The van der Waals surface area contributed by atoms with Crippen LogP contribution in [0.5, 0.6) is 5.75 Å². The van der Waals surface area contributed by atoms with Gasteiger partial charge >= 0.3 is 12.5 Å². The van der Waals surface area contributed by atoms with Crippen LogP contribution in [0.2, 0.25) is 5.02 Å². The molecule has 1 aliphatic heterocycles. The van der Waals surface area contributed by atoms with Crippen molar-refractivity contribution in [3.63, 3.8) is 0 Å². The second kappa shape index (κ2) is 6.86. The summed E-state index contributed by atoms with van der Waals surface area (Å²) < 4.78 is 81.4. The van der Waals surface area contributed by atoms with Gasteiger partial charge in [-0.25, -0.2) is 0 Å². The molecule has 29 heavy (non-hydrogen) atoms. The maximum atomic E-state index is 13.3. The van der Waals surface area contributed by atoms with Gasteiger partial charge in [-0.1, -0.05) is 35.9 Å². The van der Waals surface area contributed by atoms with E-state index in [2.05, 4.69) is 10.1 Å². The summed E-state index contributed by atoms with van der Waals surface area (Å²) in [4.78, 5) is 0. The Morgan fingerprint density at radius 1 is 1.00 bits per heavy atom. The average Bonchev–Trinajstić information content (AvgIpc) is 3.09. The maximum Gasteiger partial charge on any atom is 0.573 e. The first-order chi connectivity index (χ1) is 13.5. The minimum Gasteiger partial charge on any atom is -0.406 e. The zero-order chi connectivity index (χ0) is 21.0. The number of alkyl halides is 6. The highest BCUT2D eigenvalue weighted by molar-refractivity contribution is 6.32. The smallest absolute Gasteiger partial charge is 0.406 e. The molecule has 2 aliphatic rings. The summed E-state index contributed by atoms with van der Waals surface area (Å²) in [6.45, 7) is 0. The summed E-state index contributed by atoms with van der Waals surface area (Å²) in [7, 11) is 0. The predicted octanol–water partition coefficient (Wildman–Crippen LogP) is 7.08. The van der Waals surface area contributed by atoms with Gasteiger partial charge in [0.05, 0.1) is 16.6 Å². The molecule has 9 heteroatoms. The number of fused-ring (bicyclic) bond motifs is 3. The molecule has 3 unspecified atom stereocenters. The molecule has 0 saturated carbocycles. The number of ether oxygens (including phenoxy) is 1. The van der Waals surface area contributed by atoms with Crippen LogP contribution in [0.15, 0.2) is 48.6 Å². The highest BCUT2D eigenvalue weighted by Crippen LogP contribution is 2.52. The van der Waals surface area contributed by atoms with Crippen LogP contribution in [-0.4, -0.2) is 6.36 Å². The summed E-state index contributed by atoms with van der Waals surface area (Å²) in [5.41, 5.74) is 0.526. The lowest BCUT2D eigenvalue weighted by molar-refractivity contribution is -0.274. The molecule has 1 aliphatic carbocycles. The Labute approximate surface area is 167 Å². The third-order valence-electron chi connectivity index (χ3n) is 5.24. The lowest BCUT2D eigenvalue weighted by Gasteiger charge is -2.38. The summed E-state index contributed by atoms with van der Waals surface area (Å²) >= 11 is 6.12. The van der Waals surface area contributed by atoms with E-state index in [1.54, 1.807) is 0 Å². The zero-order valence-corrected chi connectivity index (χ0v) is 15.4. The number of allylic oxidation sites excluding steroid dienone is 2. The van der Waals surface area contributed by atoms with E-state index in [4.69, 9.17) is 11.6 Å². The Morgan fingerprint density at radius 3 is 2.45 bits per heavy atom. The van der Waals surface area contributed by atoms with E-state index < -0.39 is 24.1 Å². The summed E-state index contributed by atoms with van der Waals surface area (Å²) in [6.07, 6.45) is -5.11. The van der Waals surface area contributed by atoms with Crippen molar-refractivity contribution in [2.75, 3.05) is 5.32 Å². The quantitative estimate of drug-likeness (QED) is 0.403. The van der Waals surface area contributed by atoms with Crippen molar-refractivity contribution >= 4 is 17.3 Å². The Bertz CT molecular complexity index is 968. The Morgan fingerprint density at radius 2 is 1.76 bits per heavy atom. The summed E-state index contributed by atoms with van der Waals surface area (Å²) in [5, 5.41) is 2.79. The number of hydrogen-bond donors (Lipinski definition) is 1. The minimum atomic E-state index is -4.81. The van der Waals surface area contributed by atoms with Crippen LogP contribution in [0.25, 0.3) is 0 Å². The predicted molar refractivity (Wildman–Crippen MR) is 95.9 cm³/mol. The number of benzene rings is 2. The maximum absolute atomic E-state index is 13.3. The van der Waals surface area contributed by atoms with E-state index in [0.29, 0.717) is 23.2 Å². The van der Waals surface area contributed by atoms with Gasteiger partial charge in [0.25, 0.3) is 0 Å². The van der Waals surface area contributed by atoms with E-state index in [0.717, 1.165) is 6.07 Å². The van der Waals surface area contributed by atoms with Crippen molar-refractivity contribution in [3.8, 4) is 5.75 Å². The minimum absolute atomic E-state index is 0.190. The van der Waals surface area contributed by atoms with Crippen molar-refractivity contribution in [1.82, 2.24) is 0 Å². The first-order valence-corrected chi connectivity index (χ1v) is 9.11. The normalized spacial score (nSPS) is 23.3. The molecule has 154 valence electrons.